The van der Waals surface area contributed by atoms with Crippen LogP contribution in [0.1, 0.15) is 12.8 Å². The molecule has 0 bridgehead atoms. The van der Waals surface area contributed by atoms with Gasteiger partial charge in [0.2, 0.25) is 13.4 Å². The van der Waals surface area contributed by atoms with Crippen molar-refractivity contribution in [2.24, 2.45) is 0 Å². The molecule has 29 heteroatoms. The van der Waals surface area contributed by atoms with E-state index in [1.807, 2.05) is 0 Å². The second-order valence-corrected chi connectivity index (χ2v) is 12.7. The average molecular weight is 1170 g/mol. The number of carbonyl (C=O) groups is 2. The second kappa shape index (κ2) is 23.7. The fraction of sp³-hybridized carbons (Fsp3) is 0.0500. The normalized spacial score (nSPS) is 12.1. The standard InChI is InChI=1S/2C17H4BF10.2C3H4O3.Hf/c2*19-8-6(9(20)13(24)16(27)12(8)23)18(5-3-1-2-4-5)7-10(21)14(25)17(28)15(26)11(7)22;2*1-2(4)3(5)6;/h2*1,3H,2H2;2*4H,1H2,(H,5,6);/q2*-1;;;+4/p-2. The molecule has 0 heterocycles. The van der Waals surface area contributed by atoms with Gasteiger partial charge in [0.25, 0.3) is 0 Å². The summed E-state index contributed by atoms with van der Waals surface area (Å²) >= 11 is 0. The summed E-state index contributed by atoms with van der Waals surface area (Å²) < 4.78 is 276. The van der Waals surface area contributed by atoms with Gasteiger partial charge in [-0.1, -0.05) is 13.2 Å². The average Bonchev–Trinajstić information content (AvgIpc) is 4.05. The summed E-state index contributed by atoms with van der Waals surface area (Å²) in [7, 11) is 0. The third-order valence-electron chi connectivity index (χ3n) is 8.67. The minimum Gasteiger partial charge on any atom is -0.868 e. The molecule has 6 nitrogen and oxygen atoms in total. The monoisotopic (exact) mass is 1170 g/mol. The van der Waals surface area contributed by atoms with Crippen LogP contribution in [-0.4, -0.2) is 35.6 Å². The molecule has 0 spiro atoms. The molecule has 2 aliphatic carbocycles. The van der Waals surface area contributed by atoms with Crippen LogP contribution in [0.25, 0.3) is 0 Å². The molecule has 0 unspecified atom stereocenters. The Balaban J connectivity index is 0.000000379. The summed E-state index contributed by atoms with van der Waals surface area (Å²) in [5.41, 5.74) is -8.15. The number of hydrogen-bond donors (Lipinski definition) is 2. The molecule has 0 saturated carbocycles. The van der Waals surface area contributed by atoms with E-state index in [-0.39, 0.29) is 38.7 Å². The molecule has 6 rings (SSSR count). The molecule has 0 aromatic heterocycles. The predicted octanol–water partition coefficient (Wildman–Crippen LogP) is 5.72. The van der Waals surface area contributed by atoms with Crippen molar-refractivity contribution in [1.82, 2.24) is 0 Å². The Morgan fingerprint density at radius 2 is 0.536 bits per heavy atom. The van der Waals surface area contributed by atoms with Crippen molar-refractivity contribution in [2.75, 3.05) is 0 Å². The largest absolute Gasteiger partial charge is 4.00 e. The zero-order valence-electron chi connectivity index (χ0n) is 32.9. The molecular weight excluding hydrogens is 1160 g/mol. The first kappa shape index (κ1) is 58.6. The van der Waals surface area contributed by atoms with Crippen LogP contribution in [0.15, 0.2) is 59.9 Å². The van der Waals surface area contributed by atoms with E-state index in [1.54, 1.807) is 0 Å². The van der Waals surface area contributed by atoms with E-state index in [0.29, 0.717) is 0 Å². The van der Waals surface area contributed by atoms with E-state index >= 15 is 0 Å². The smallest absolute Gasteiger partial charge is 0.868 e. The van der Waals surface area contributed by atoms with Crippen molar-refractivity contribution in [3.05, 3.63) is 188 Å². The van der Waals surface area contributed by atoms with Gasteiger partial charge in [-0.15, -0.1) is 12.8 Å². The SMILES string of the molecule is C=C([O-])C(=O)O.C=C([O-])C(=O)O.Fc1c(F)c(F)c(B(C2=[C-]CC=C2)c2c(F)c(F)c(F)c(F)c2F)c(F)c1F.Fc1c(F)c(F)c(B(C2=[C-]CC=C2)c2c(F)c(F)c(F)c(F)c2F)c(F)c1F.[Hf+4]. The van der Waals surface area contributed by atoms with E-state index in [9.17, 15) is 108 Å². The molecule has 69 heavy (non-hydrogen) atoms. The number of allylic oxidation sites excluding steroid dienone is 8. The van der Waals surface area contributed by atoms with E-state index in [4.69, 9.17) is 10.2 Å². The van der Waals surface area contributed by atoms with Crippen molar-refractivity contribution in [3.63, 3.8) is 0 Å². The van der Waals surface area contributed by atoms with Gasteiger partial charge in [-0.2, -0.15) is 12.2 Å². The number of aliphatic carboxylic acids is 2. The summed E-state index contributed by atoms with van der Waals surface area (Å²) in [4.78, 5) is 18.6. The number of rotatable bonds is 8. The Morgan fingerprint density at radius 3 is 0.652 bits per heavy atom. The van der Waals surface area contributed by atoms with Gasteiger partial charge in [0.1, 0.15) is 0 Å². The van der Waals surface area contributed by atoms with Crippen LogP contribution in [-0.2, 0) is 35.4 Å². The van der Waals surface area contributed by atoms with Crippen molar-refractivity contribution < 1.29 is 144 Å². The first-order valence-electron chi connectivity index (χ1n) is 17.3. The van der Waals surface area contributed by atoms with Crippen LogP contribution in [0.2, 0.25) is 0 Å². The van der Waals surface area contributed by atoms with Gasteiger partial charge >= 0.3 is 37.8 Å². The molecule has 360 valence electrons. The Morgan fingerprint density at radius 1 is 0.391 bits per heavy atom. The minimum absolute atomic E-state index is 0. The van der Waals surface area contributed by atoms with Crippen LogP contribution >= 0.6 is 0 Å². The number of carboxylic acids is 2. The Hall–Kier alpha value is -6.54. The van der Waals surface area contributed by atoms with Gasteiger partial charge in [0, 0.05) is 21.9 Å². The van der Waals surface area contributed by atoms with Gasteiger partial charge < -0.3 is 20.4 Å². The van der Waals surface area contributed by atoms with Gasteiger partial charge in [0.15, 0.2) is 116 Å². The van der Waals surface area contributed by atoms with Gasteiger partial charge in [-0.05, 0) is 11.5 Å². The van der Waals surface area contributed by atoms with Crippen molar-refractivity contribution in [2.45, 2.75) is 12.8 Å². The topological polar surface area (TPSA) is 121 Å². The number of benzene rings is 4. The predicted molar refractivity (Wildman–Crippen MR) is 190 cm³/mol. The Labute approximate surface area is 391 Å². The van der Waals surface area contributed by atoms with Gasteiger partial charge in [0.05, 0.1) is 0 Å². The Bertz CT molecular complexity index is 2430. The number of carboxylic acid groups (broad SMARTS) is 2. The third kappa shape index (κ3) is 11.8. The van der Waals surface area contributed by atoms with Crippen molar-refractivity contribution in [3.8, 4) is 0 Å². The fourth-order valence-corrected chi connectivity index (χ4v) is 5.65. The fourth-order valence-electron chi connectivity index (χ4n) is 5.65. The number of halogens is 20. The summed E-state index contributed by atoms with van der Waals surface area (Å²) in [5, 5.41) is 34.0. The summed E-state index contributed by atoms with van der Waals surface area (Å²) in [6, 6.07) is 0. The van der Waals surface area contributed by atoms with Gasteiger partial charge in [-0.3, -0.25) is 12.2 Å². The molecule has 4 aromatic rings. The van der Waals surface area contributed by atoms with Crippen molar-refractivity contribution >= 4 is 47.2 Å². The van der Waals surface area contributed by atoms with Crippen LogP contribution < -0.4 is 32.1 Å². The van der Waals surface area contributed by atoms with E-state index in [2.05, 4.69) is 25.3 Å². The van der Waals surface area contributed by atoms with E-state index in [1.165, 1.54) is 12.2 Å². The molecule has 0 atom stereocenters. The molecular formula is C40H14B2F20HfO6. The van der Waals surface area contributed by atoms with E-state index in [0.717, 1.165) is 12.2 Å². The molecule has 2 aliphatic rings. The molecule has 0 amide bonds. The third-order valence-corrected chi connectivity index (χ3v) is 8.67. The first-order chi connectivity index (χ1) is 31.5. The molecule has 0 saturated heterocycles. The minimum atomic E-state index is -2.55. The molecule has 0 aliphatic heterocycles. The summed E-state index contributed by atoms with van der Waals surface area (Å²) in [5.74, 6) is -54.6. The Kier molecular flexibility index (Phi) is 20.1. The van der Waals surface area contributed by atoms with Gasteiger partial charge in [-0.25, -0.2) is 120 Å². The van der Waals surface area contributed by atoms with Crippen LogP contribution in [0.3, 0.4) is 0 Å². The molecule has 2 N–H and O–H groups in total. The van der Waals surface area contributed by atoms with Crippen molar-refractivity contribution in [1.29, 1.82) is 0 Å². The van der Waals surface area contributed by atoms with Crippen LogP contribution in [0.4, 0.5) is 87.8 Å². The summed E-state index contributed by atoms with van der Waals surface area (Å²) in [6.07, 6.45) is 8.88. The van der Waals surface area contributed by atoms with Crippen LogP contribution in [0.5, 0.6) is 0 Å². The molecule has 0 radical (unpaired) electrons. The molecule has 4 aromatic carbocycles. The number of hydrogen-bond acceptors (Lipinski definition) is 4. The zero-order chi connectivity index (χ0) is 52.1. The zero-order valence-corrected chi connectivity index (χ0v) is 36.5. The van der Waals surface area contributed by atoms with Crippen LogP contribution in [0, 0.1) is 128 Å². The maximum absolute atomic E-state index is 14.2. The first-order valence-corrected chi connectivity index (χ1v) is 17.3. The summed E-state index contributed by atoms with van der Waals surface area (Å²) in [6.45, 7) is 0.130. The second-order valence-electron chi connectivity index (χ2n) is 12.7. The molecule has 0 fully saturated rings. The maximum Gasteiger partial charge on any atom is 4.00 e. The van der Waals surface area contributed by atoms with E-state index < -0.39 is 186 Å². The maximum atomic E-state index is 14.2. The quantitative estimate of drug-likeness (QED) is 0.0444.